The van der Waals surface area contributed by atoms with E-state index in [-0.39, 0.29) is 18.7 Å². The summed E-state index contributed by atoms with van der Waals surface area (Å²) < 4.78 is 5.67. The number of unbranched alkanes of at least 4 members (excludes halogenated alkanes) is 2. The molecule has 0 amide bonds. The fourth-order valence-corrected chi connectivity index (χ4v) is 5.40. The Morgan fingerprint density at radius 1 is 0.903 bits per heavy atom. The van der Waals surface area contributed by atoms with Gasteiger partial charge in [-0.2, -0.15) is 0 Å². The van der Waals surface area contributed by atoms with E-state index in [1.165, 1.54) is 62.5 Å². The highest BCUT2D eigenvalue weighted by Gasteiger charge is 2.32. The molecule has 1 aromatic carbocycles. The normalized spacial score (nSPS) is 27.1. The number of benzene rings is 1. The molecule has 1 aromatic rings. The Hall–Kier alpha value is -1.35. The lowest BCUT2D eigenvalue weighted by Crippen LogP contribution is -2.34. The fourth-order valence-electron chi connectivity index (χ4n) is 5.40. The van der Waals surface area contributed by atoms with Crippen molar-refractivity contribution in [1.29, 1.82) is 0 Å². The van der Waals surface area contributed by atoms with Gasteiger partial charge in [-0.3, -0.25) is 4.79 Å². The summed E-state index contributed by atoms with van der Waals surface area (Å²) >= 11 is 0. The van der Waals surface area contributed by atoms with Crippen molar-refractivity contribution in [3.05, 3.63) is 35.4 Å². The smallest absolute Gasteiger partial charge is 0.314 e. The molecule has 0 spiro atoms. The average molecular weight is 429 g/mol. The Labute approximate surface area is 190 Å². The van der Waals surface area contributed by atoms with E-state index in [1.807, 2.05) is 0 Å². The quantitative estimate of drug-likeness (QED) is 0.336. The van der Waals surface area contributed by atoms with E-state index in [9.17, 15) is 9.90 Å². The summed E-state index contributed by atoms with van der Waals surface area (Å²) in [5.41, 5.74) is 2.17. The lowest BCUT2D eigenvalue weighted by molar-refractivity contribution is -0.163. The van der Waals surface area contributed by atoms with E-state index in [0.29, 0.717) is 5.92 Å². The van der Waals surface area contributed by atoms with E-state index in [0.717, 1.165) is 37.5 Å². The molecule has 0 saturated heterocycles. The fraction of sp³-hybridized carbons (Fsp3) is 0.750. The monoisotopic (exact) mass is 428 g/mol. The minimum absolute atomic E-state index is 0.00126. The number of ether oxygens (including phenoxy) is 1. The van der Waals surface area contributed by atoms with Crippen LogP contribution >= 0.6 is 0 Å². The number of carbonyl (C=O) groups excluding carboxylic acids is 1. The molecule has 0 unspecified atom stereocenters. The highest BCUT2D eigenvalue weighted by molar-refractivity contribution is 5.76. The van der Waals surface area contributed by atoms with E-state index < -0.39 is 5.41 Å². The zero-order chi connectivity index (χ0) is 22.3. The second-order valence-electron chi connectivity index (χ2n) is 10.8. The number of aliphatic hydroxyl groups excluding tert-OH is 1. The molecule has 2 aliphatic carbocycles. The van der Waals surface area contributed by atoms with Crippen molar-refractivity contribution in [2.75, 3.05) is 6.61 Å². The third-order valence-electron chi connectivity index (χ3n) is 7.84. The molecule has 1 N–H and O–H groups in total. The second kappa shape index (κ2) is 11.5. The van der Waals surface area contributed by atoms with Crippen LogP contribution in [0.1, 0.15) is 121 Å². The first-order valence-electron chi connectivity index (χ1n) is 12.8. The van der Waals surface area contributed by atoms with Crippen LogP contribution in [-0.2, 0) is 9.53 Å². The largest absolute Gasteiger partial charge is 0.462 e. The van der Waals surface area contributed by atoms with Crippen LogP contribution in [0, 0.1) is 11.3 Å². The van der Waals surface area contributed by atoms with Crippen LogP contribution in [0.5, 0.6) is 0 Å². The molecule has 0 aliphatic heterocycles. The highest BCUT2D eigenvalue weighted by Crippen LogP contribution is 2.39. The molecule has 0 aromatic heterocycles. The molecule has 3 nitrogen and oxygen atoms in total. The molecule has 2 aliphatic rings. The zero-order valence-electron chi connectivity index (χ0n) is 20.1. The Balaban J connectivity index is 1.44. The summed E-state index contributed by atoms with van der Waals surface area (Å²) in [5, 5.41) is 9.36. The minimum Gasteiger partial charge on any atom is -0.462 e. The molecule has 174 valence electrons. The molecule has 0 radical (unpaired) electrons. The molecule has 3 heteroatoms. The molecule has 31 heavy (non-hydrogen) atoms. The van der Waals surface area contributed by atoms with Crippen molar-refractivity contribution >= 4 is 5.97 Å². The first-order valence-corrected chi connectivity index (χ1v) is 12.8. The third-order valence-corrected chi connectivity index (χ3v) is 7.84. The second-order valence-corrected chi connectivity index (χ2v) is 10.8. The van der Waals surface area contributed by atoms with E-state index >= 15 is 0 Å². The van der Waals surface area contributed by atoms with Crippen molar-refractivity contribution in [1.82, 2.24) is 0 Å². The minimum atomic E-state index is -0.804. The number of rotatable bonds is 9. The van der Waals surface area contributed by atoms with E-state index in [4.69, 9.17) is 4.74 Å². The summed E-state index contributed by atoms with van der Waals surface area (Å²) in [6, 6.07) is 9.48. The molecular weight excluding hydrogens is 384 g/mol. The van der Waals surface area contributed by atoms with Gasteiger partial charge in [0, 0.05) is 0 Å². The van der Waals surface area contributed by atoms with Crippen LogP contribution < -0.4 is 0 Å². The van der Waals surface area contributed by atoms with Crippen LogP contribution in [0.25, 0.3) is 0 Å². The topological polar surface area (TPSA) is 46.5 Å². The number of aliphatic hydroxyl groups is 1. The van der Waals surface area contributed by atoms with Gasteiger partial charge < -0.3 is 9.84 Å². The molecule has 0 atom stereocenters. The van der Waals surface area contributed by atoms with Gasteiger partial charge in [0.05, 0.1) is 12.0 Å². The van der Waals surface area contributed by atoms with Crippen LogP contribution in [0.3, 0.4) is 0 Å². The maximum atomic E-state index is 12.2. The SMILES string of the molecule is CCCCCC1CCC(c2ccc(C3CCC(OC(=O)C(C)(C)CO)CC3)cc2)CC1. The Morgan fingerprint density at radius 3 is 1.90 bits per heavy atom. The van der Waals surface area contributed by atoms with Gasteiger partial charge in [0.25, 0.3) is 0 Å². The molecular formula is C28H44O3. The van der Waals surface area contributed by atoms with Gasteiger partial charge in [-0.05, 0) is 94.1 Å². The molecule has 3 rings (SSSR count). The van der Waals surface area contributed by atoms with Crippen molar-refractivity contribution in [2.24, 2.45) is 11.3 Å². The Kier molecular flexibility index (Phi) is 9.01. The summed E-state index contributed by atoms with van der Waals surface area (Å²) in [6.07, 6.45) is 15.1. The van der Waals surface area contributed by atoms with Gasteiger partial charge in [0.2, 0.25) is 0 Å². The molecule has 0 bridgehead atoms. The van der Waals surface area contributed by atoms with E-state index in [1.54, 1.807) is 13.8 Å². The van der Waals surface area contributed by atoms with Crippen molar-refractivity contribution in [3.8, 4) is 0 Å². The summed E-state index contributed by atoms with van der Waals surface area (Å²) in [5.74, 6) is 2.02. The number of hydrogen-bond donors (Lipinski definition) is 1. The van der Waals surface area contributed by atoms with Gasteiger partial charge in [-0.25, -0.2) is 0 Å². The van der Waals surface area contributed by atoms with Gasteiger partial charge in [0.1, 0.15) is 6.10 Å². The van der Waals surface area contributed by atoms with Crippen LogP contribution in [0.15, 0.2) is 24.3 Å². The average Bonchev–Trinajstić information content (AvgIpc) is 2.80. The lowest BCUT2D eigenvalue weighted by Gasteiger charge is -2.31. The molecule has 0 heterocycles. The van der Waals surface area contributed by atoms with Crippen molar-refractivity contribution in [3.63, 3.8) is 0 Å². The van der Waals surface area contributed by atoms with E-state index in [2.05, 4.69) is 31.2 Å². The summed E-state index contributed by atoms with van der Waals surface area (Å²) in [4.78, 5) is 12.2. The molecule has 2 saturated carbocycles. The van der Waals surface area contributed by atoms with Gasteiger partial charge in [0.15, 0.2) is 0 Å². The standard InChI is InChI=1S/C28H44O3/c1-4-5-6-7-21-8-10-22(11-9-21)23-12-14-24(15-13-23)25-16-18-26(19-17-25)31-27(30)28(2,3)20-29/h12-15,21-22,25-26,29H,4-11,16-20H2,1-3H3. The summed E-state index contributed by atoms with van der Waals surface area (Å²) in [7, 11) is 0. The Bertz CT molecular complexity index is 662. The Morgan fingerprint density at radius 2 is 1.42 bits per heavy atom. The van der Waals surface area contributed by atoms with Gasteiger partial charge in [-0.1, -0.05) is 56.9 Å². The predicted octanol–water partition coefficient (Wildman–Crippen LogP) is 7.13. The summed E-state index contributed by atoms with van der Waals surface area (Å²) in [6.45, 7) is 5.59. The van der Waals surface area contributed by atoms with Crippen molar-refractivity contribution in [2.45, 2.75) is 116 Å². The highest BCUT2D eigenvalue weighted by atomic mass is 16.5. The van der Waals surface area contributed by atoms with Crippen LogP contribution in [0.2, 0.25) is 0 Å². The lowest BCUT2D eigenvalue weighted by atomic mass is 9.76. The molecule has 2 fully saturated rings. The third kappa shape index (κ3) is 6.81. The maximum absolute atomic E-state index is 12.2. The first-order chi connectivity index (χ1) is 14.9. The van der Waals surface area contributed by atoms with Gasteiger partial charge in [-0.15, -0.1) is 0 Å². The number of esters is 1. The van der Waals surface area contributed by atoms with Crippen LogP contribution in [0.4, 0.5) is 0 Å². The maximum Gasteiger partial charge on any atom is 0.314 e. The van der Waals surface area contributed by atoms with Crippen LogP contribution in [-0.4, -0.2) is 23.8 Å². The first kappa shape index (κ1) is 24.3. The van der Waals surface area contributed by atoms with Crippen molar-refractivity contribution < 1.29 is 14.6 Å². The number of hydrogen-bond acceptors (Lipinski definition) is 3. The predicted molar refractivity (Wildman–Crippen MR) is 127 cm³/mol. The number of carbonyl (C=O) groups is 1. The zero-order valence-corrected chi connectivity index (χ0v) is 20.1. The van der Waals surface area contributed by atoms with Gasteiger partial charge >= 0.3 is 5.97 Å².